The summed E-state index contributed by atoms with van der Waals surface area (Å²) in [5, 5.41) is 8.18. The molecular weight excluding hydrogens is 296 g/mol. The second kappa shape index (κ2) is 9.58. The lowest BCUT2D eigenvalue weighted by Gasteiger charge is -2.16. The lowest BCUT2D eigenvalue weighted by atomic mass is 10.2. The summed E-state index contributed by atoms with van der Waals surface area (Å²) in [6.07, 6.45) is 0. The molecule has 0 spiro atoms. The SMILES string of the molecule is CCNC(=O)C[NH+](CC)CC(=O)Nc1ccc(NC(C)=O)cc1. The van der Waals surface area contributed by atoms with E-state index in [4.69, 9.17) is 0 Å². The van der Waals surface area contributed by atoms with Crippen LogP contribution in [-0.4, -0.2) is 43.9 Å². The molecule has 7 nitrogen and oxygen atoms in total. The Hall–Kier alpha value is -2.41. The van der Waals surface area contributed by atoms with Gasteiger partial charge in [-0.25, -0.2) is 0 Å². The molecular formula is C16H25N4O3+. The van der Waals surface area contributed by atoms with E-state index in [9.17, 15) is 14.4 Å². The van der Waals surface area contributed by atoms with E-state index < -0.39 is 0 Å². The Kier molecular flexibility index (Phi) is 7.76. The van der Waals surface area contributed by atoms with Gasteiger partial charge >= 0.3 is 0 Å². The summed E-state index contributed by atoms with van der Waals surface area (Å²) in [5.74, 6) is -0.357. The third-order valence-electron chi connectivity index (χ3n) is 3.18. The normalized spacial score (nSPS) is 11.4. The Labute approximate surface area is 136 Å². The molecule has 23 heavy (non-hydrogen) atoms. The molecule has 0 saturated carbocycles. The standard InChI is InChI=1S/C16H24N4O3/c1-4-17-15(22)10-20(5-2)11-16(23)19-14-8-6-13(7-9-14)18-12(3)21/h6-9H,4-5,10-11H2,1-3H3,(H,17,22)(H,18,21)(H,19,23)/p+1. The van der Waals surface area contributed by atoms with Gasteiger partial charge in [0.15, 0.2) is 13.1 Å². The van der Waals surface area contributed by atoms with Crippen LogP contribution < -0.4 is 20.9 Å². The Balaban J connectivity index is 2.51. The minimum absolute atomic E-state index is 0.0585. The highest BCUT2D eigenvalue weighted by Gasteiger charge is 2.16. The molecule has 0 heterocycles. The first-order valence-electron chi connectivity index (χ1n) is 7.72. The Morgan fingerprint density at radius 3 is 1.91 bits per heavy atom. The molecule has 1 atom stereocenters. The number of likely N-dealkylation sites (N-methyl/N-ethyl adjacent to an activating group) is 2. The van der Waals surface area contributed by atoms with Gasteiger partial charge in [-0.05, 0) is 38.1 Å². The Morgan fingerprint density at radius 2 is 1.43 bits per heavy atom. The lowest BCUT2D eigenvalue weighted by molar-refractivity contribution is -0.881. The number of rotatable bonds is 8. The minimum atomic E-state index is -0.154. The molecule has 0 aromatic heterocycles. The van der Waals surface area contributed by atoms with E-state index >= 15 is 0 Å². The van der Waals surface area contributed by atoms with Crippen molar-refractivity contribution in [1.29, 1.82) is 0 Å². The number of hydrogen-bond acceptors (Lipinski definition) is 3. The van der Waals surface area contributed by atoms with Crippen molar-refractivity contribution in [2.75, 3.05) is 36.8 Å². The molecule has 0 bridgehead atoms. The smallest absolute Gasteiger partial charge is 0.279 e. The maximum atomic E-state index is 12.1. The highest BCUT2D eigenvalue weighted by atomic mass is 16.2. The molecule has 1 aromatic carbocycles. The van der Waals surface area contributed by atoms with Crippen molar-refractivity contribution >= 4 is 29.1 Å². The van der Waals surface area contributed by atoms with Crippen LogP contribution in [0, 0.1) is 0 Å². The predicted octanol–water partition coefficient (Wildman–Crippen LogP) is -0.376. The van der Waals surface area contributed by atoms with Gasteiger partial charge < -0.3 is 20.9 Å². The maximum Gasteiger partial charge on any atom is 0.279 e. The van der Waals surface area contributed by atoms with E-state index in [1.165, 1.54) is 6.92 Å². The van der Waals surface area contributed by atoms with Crippen LogP contribution in [0.25, 0.3) is 0 Å². The molecule has 7 heteroatoms. The number of nitrogens with one attached hydrogen (secondary N) is 4. The molecule has 3 amide bonds. The van der Waals surface area contributed by atoms with Crippen molar-refractivity contribution < 1.29 is 19.3 Å². The third-order valence-corrected chi connectivity index (χ3v) is 3.18. The topological polar surface area (TPSA) is 91.7 Å². The summed E-state index contributed by atoms with van der Waals surface area (Å²) >= 11 is 0. The average Bonchev–Trinajstić information content (AvgIpc) is 2.48. The molecule has 126 valence electrons. The van der Waals surface area contributed by atoms with E-state index in [0.29, 0.717) is 24.5 Å². The van der Waals surface area contributed by atoms with Crippen LogP contribution in [0.15, 0.2) is 24.3 Å². The van der Waals surface area contributed by atoms with Crippen LogP contribution in [-0.2, 0) is 14.4 Å². The van der Waals surface area contributed by atoms with Crippen LogP contribution in [0.2, 0.25) is 0 Å². The van der Waals surface area contributed by atoms with Crippen molar-refractivity contribution in [3.63, 3.8) is 0 Å². The van der Waals surface area contributed by atoms with Crippen LogP contribution in [0.5, 0.6) is 0 Å². The molecule has 1 rings (SSSR count). The molecule has 0 radical (unpaired) electrons. The zero-order chi connectivity index (χ0) is 17.2. The monoisotopic (exact) mass is 321 g/mol. The van der Waals surface area contributed by atoms with E-state index in [1.54, 1.807) is 24.3 Å². The van der Waals surface area contributed by atoms with Crippen LogP contribution in [0.1, 0.15) is 20.8 Å². The number of quaternary nitrogens is 1. The average molecular weight is 321 g/mol. The van der Waals surface area contributed by atoms with Gasteiger partial charge in [0.25, 0.3) is 11.8 Å². The number of benzene rings is 1. The van der Waals surface area contributed by atoms with Crippen molar-refractivity contribution in [3.8, 4) is 0 Å². The molecule has 4 N–H and O–H groups in total. The molecule has 0 saturated heterocycles. The summed E-state index contributed by atoms with van der Waals surface area (Å²) in [6.45, 7) is 7.01. The fourth-order valence-electron chi connectivity index (χ4n) is 2.07. The minimum Gasteiger partial charge on any atom is -0.351 e. The van der Waals surface area contributed by atoms with Gasteiger partial charge in [-0.15, -0.1) is 0 Å². The zero-order valence-electron chi connectivity index (χ0n) is 13.9. The maximum absolute atomic E-state index is 12.1. The number of carbonyl (C=O) groups excluding carboxylic acids is 3. The first-order valence-corrected chi connectivity index (χ1v) is 7.72. The molecule has 1 unspecified atom stereocenters. The highest BCUT2D eigenvalue weighted by Crippen LogP contribution is 2.13. The van der Waals surface area contributed by atoms with Gasteiger partial charge in [-0.2, -0.15) is 0 Å². The van der Waals surface area contributed by atoms with E-state index in [2.05, 4.69) is 16.0 Å². The quantitative estimate of drug-likeness (QED) is 0.526. The highest BCUT2D eigenvalue weighted by molar-refractivity contribution is 5.92. The summed E-state index contributed by atoms with van der Waals surface area (Å²) in [6, 6.07) is 6.88. The fraction of sp³-hybridized carbons (Fsp3) is 0.438. The van der Waals surface area contributed by atoms with Gasteiger partial charge in [0.05, 0.1) is 6.54 Å². The van der Waals surface area contributed by atoms with E-state index in [-0.39, 0.29) is 30.8 Å². The van der Waals surface area contributed by atoms with Crippen LogP contribution in [0.3, 0.4) is 0 Å². The summed E-state index contributed by atoms with van der Waals surface area (Å²) in [7, 11) is 0. The van der Waals surface area contributed by atoms with Crippen molar-refractivity contribution in [2.24, 2.45) is 0 Å². The van der Waals surface area contributed by atoms with Gasteiger partial charge in [0, 0.05) is 24.8 Å². The van der Waals surface area contributed by atoms with Crippen molar-refractivity contribution in [3.05, 3.63) is 24.3 Å². The van der Waals surface area contributed by atoms with Gasteiger partial charge in [0.2, 0.25) is 5.91 Å². The predicted molar refractivity (Wildman–Crippen MR) is 89.3 cm³/mol. The third kappa shape index (κ3) is 7.42. The van der Waals surface area contributed by atoms with Gasteiger partial charge in [0.1, 0.15) is 0 Å². The molecule has 0 fully saturated rings. The van der Waals surface area contributed by atoms with E-state index in [0.717, 1.165) is 4.90 Å². The van der Waals surface area contributed by atoms with Crippen molar-refractivity contribution in [1.82, 2.24) is 5.32 Å². The van der Waals surface area contributed by atoms with E-state index in [1.807, 2.05) is 13.8 Å². The molecule has 0 aliphatic rings. The summed E-state index contributed by atoms with van der Waals surface area (Å²) in [4.78, 5) is 35.5. The fourth-order valence-corrected chi connectivity index (χ4v) is 2.07. The number of amides is 3. The lowest BCUT2D eigenvalue weighted by Crippen LogP contribution is -3.14. The molecule has 0 aliphatic heterocycles. The Morgan fingerprint density at radius 1 is 0.913 bits per heavy atom. The summed E-state index contributed by atoms with van der Waals surface area (Å²) in [5.41, 5.74) is 1.32. The number of carbonyl (C=O) groups is 3. The van der Waals surface area contributed by atoms with Gasteiger partial charge in [-0.1, -0.05) is 0 Å². The largest absolute Gasteiger partial charge is 0.351 e. The van der Waals surface area contributed by atoms with Crippen LogP contribution in [0.4, 0.5) is 11.4 Å². The first-order chi connectivity index (χ1) is 10.9. The van der Waals surface area contributed by atoms with Gasteiger partial charge in [-0.3, -0.25) is 14.4 Å². The second-order valence-corrected chi connectivity index (χ2v) is 5.22. The summed E-state index contributed by atoms with van der Waals surface area (Å²) < 4.78 is 0. The first kappa shape index (κ1) is 18.6. The van der Waals surface area contributed by atoms with Crippen molar-refractivity contribution in [2.45, 2.75) is 20.8 Å². The number of hydrogen-bond donors (Lipinski definition) is 4. The Bertz CT molecular complexity index is 543. The molecule has 0 aliphatic carbocycles. The molecule has 1 aromatic rings. The second-order valence-electron chi connectivity index (χ2n) is 5.22. The van der Waals surface area contributed by atoms with Crippen LogP contribution >= 0.6 is 0 Å². The zero-order valence-corrected chi connectivity index (χ0v) is 13.9. The number of anilines is 2.